The SMILES string of the molecule is O=S([O-])N=C(F)F. The van der Waals surface area contributed by atoms with Gasteiger partial charge < -0.3 is 4.55 Å². The van der Waals surface area contributed by atoms with E-state index in [1.54, 1.807) is 4.40 Å². The van der Waals surface area contributed by atoms with Crippen molar-refractivity contribution in [2.75, 3.05) is 0 Å². The standard InChI is InChI=1S/CHF2NO2S/c2-1(3)4-7(5)6/h(H,5,6)/p-1. The van der Waals surface area contributed by atoms with E-state index in [1.807, 2.05) is 0 Å². The fraction of sp³-hybridized carbons (Fsp3) is 0. The van der Waals surface area contributed by atoms with E-state index >= 15 is 0 Å². The van der Waals surface area contributed by atoms with Gasteiger partial charge in [0.1, 0.15) is 0 Å². The predicted molar refractivity (Wildman–Crippen MR) is 18.6 cm³/mol. The number of hydrogen-bond acceptors (Lipinski definition) is 2. The molecule has 0 aliphatic heterocycles. The van der Waals surface area contributed by atoms with Crippen LogP contribution in [0.1, 0.15) is 0 Å². The highest BCUT2D eigenvalue weighted by Crippen LogP contribution is 1.82. The van der Waals surface area contributed by atoms with Crippen LogP contribution in [0, 0.1) is 0 Å². The second kappa shape index (κ2) is 2.75. The van der Waals surface area contributed by atoms with Crippen molar-refractivity contribution in [1.82, 2.24) is 0 Å². The molecule has 0 aliphatic carbocycles. The molecule has 1 unspecified atom stereocenters. The maximum absolute atomic E-state index is 10.6. The summed E-state index contributed by atoms with van der Waals surface area (Å²) in [7, 11) is 0. The molecule has 0 aliphatic rings. The Balaban J connectivity index is 3.68. The van der Waals surface area contributed by atoms with E-state index in [9.17, 15) is 8.78 Å². The quantitative estimate of drug-likeness (QED) is 0.370. The number of halogens is 2. The summed E-state index contributed by atoms with van der Waals surface area (Å²) in [4.78, 5) is 0. The molecule has 0 aromatic heterocycles. The van der Waals surface area contributed by atoms with Gasteiger partial charge in [-0.2, -0.15) is 0 Å². The van der Waals surface area contributed by atoms with Crippen molar-refractivity contribution in [3.63, 3.8) is 0 Å². The summed E-state index contributed by atoms with van der Waals surface area (Å²) in [5, 5.41) is 0. The highest BCUT2D eigenvalue weighted by Gasteiger charge is 1.84. The van der Waals surface area contributed by atoms with E-state index in [1.165, 1.54) is 0 Å². The van der Waals surface area contributed by atoms with Crippen molar-refractivity contribution < 1.29 is 17.5 Å². The van der Waals surface area contributed by atoms with Crippen molar-refractivity contribution in [3.05, 3.63) is 0 Å². The van der Waals surface area contributed by atoms with Gasteiger partial charge in [-0.15, -0.1) is 13.2 Å². The summed E-state index contributed by atoms with van der Waals surface area (Å²) in [6.45, 7) is 0. The van der Waals surface area contributed by atoms with Gasteiger partial charge in [0.05, 0.1) is 11.3 Å². The van der Waals surface area contributed by atoms with Crippen molar-refractivity contribution in [1.29, 1.82) is 0 Å². The first-order valence-electron chi connectivity index (χ1n) is 1.12. The number of hydrogen-bond donors (Lipinski definition) is 0. The second-order valence-corrected chi connectivity index (χ2v) is 1.17. The summed E-state index contributed by atoms with van der Waals surface area (Å²) in [5.41, 5.74) is 0. The molecule has 6 heteroatoms. The first kappa shape index (κ1) is 6.64. The lowest BCUT2D eigenvalue weighted by Crippen LogP contribution is -1.82. The molecule has 0 N–H and O–H groups in total. The van der Waals surface area contributed by atoms with E-state index in [0.717, 1.165) is 0 Å². The van der Waals surface area contributed by atoms with Gasteiger partial charge in [-0.05, 0) is 0 Å². The highest BCUT2D eigenvalue weighted by atomic mass is 32.2. The Morgan fingerprint density at radius 3 is 2.14 bits per heavy atom. The normalized spacial score (nSPS) is 13.0. The molecule has 3 nitrogen and oxygen atoms in total. The van der Waals surface area contributed by atoms with E-state index in [0.29, 0.717) is 0 Å². The molecular weight excluding hydrogens is 128 g/mol. The third-order valence-corrected chi connectivity index (χ3v) is 0.431. The summed E-state index contributed by atoms with van der Waals surface area (Å²) in [5.74, 6) is 0. The van der Waals surface area contributed by atoms with Crippen molar-refractivity contribution >= 4 is 17.5 Å². The van der Waals surface area contributed by atoms with Crippen LogP contribution in [0.3, 0.4) is 0 Å². The largest absolute Gasteiger partial charge is 0.754 e. The minimum absolute atomic E-state index is 1.78. The van der Waals surface area contributed by atoms with Crippen LogP contribution in [-0.4, -0.2) is 15.0 Å². The Kier molecular flexibility index (Phi) is 2.61. The average Bonchev–Trinajstić information content (AvgIpc) is 1.27. The number of nitrogens with zero attached hydrogens (tertiary/aromatic N) is 1. The van der Waals surface area contributed by atoms with Crippen LogP contribution in [-0.2, 0) is 11.3 Å². The smallest absolute Gasteiger partial charge is 0.372 e. The van der Waals surface area contributed by atoms with Crippen LogP contribution >= 0.6 is 0 Å². The van der Waals surface area contributed by atoms with Gasteiger partial charge in [-0.1, -0.05) is 0 Å². The molecule has 0 fully saturated rings. The lowest BCUT2D eigenvalue weighted by Gasteiger charge is -1.89. The predicted octanol–water partition coefficient (Wildman–Crippen LogP) is 0.0755. The van der Waals surface area contributed by atoms with Crippen LogP contribution in [0.5, 0.6) is 0 Å². The monoisotopic (exact) mass is 128 g/mol. The zero-order chi connectivity index (χ0) is 5.86. The first-order chi connectivity index (χ1) is 3.13. The van der Waals surface area contributed by atoms with Crippen molar-refractivity contribution in [2.45, 2.75) is 0 Å². The molecule has 0 radical (unpaired) electrons. The third kappa shape index (κ3) is 5.64. The van der Waals surface area contributed by atoms with Gasteiger partial charge in [-0.25, -0.2) is 4.21 Å². The van der Waals surface area contributed by atoms with Crippen LogP contribution in [0.4, 0.5) is 8.78 Å². The van der Waals surface area contributed by atoms with Gasteiger partial charge in [0.2, 0.25) is 0 Å². The maximum atomic E-state index is 10.6. The molecule has 0 rings (SSSR count). The molecule has 0 saturated carbocycles. The Hall–Kier alpha value is -0.360. The van der Waals surface area contributed by atoms with Crippen LogP contribution in [0.15, 0.2) is 4.40 Å². The Bertz CT molecular complexity index is 108. The minimum atomic E-state index is -3.01. The second-order valence-electron chi connectivity index (χ2n) is 0.549. The fourth-order valence-corrected chi connectivity index (χ4v) is 0.169. The van der Waals surface area contributed by atoms with Crippen LogP contribution in [0.2, 0.25) is 0 Å². The molecule has 0 saturated heterocycles. The molecule has 0 aromatic carbocycles. The summed E-state index contributed by atoms with van der Waals surface area (Å²) < 4.78 is 41.3. The third-order valence-electron chi connectivity index (χ3n) is 0.144. The summed E-state index contributed by atoms with van der Waals surface area (Å²) in [6.07, 6.45) is -2.45. The van der Waals surface area contributed by atoms with Crippen molar-refractivity contribution in [2.24, 2.45) is 4.40 Å². The van der Waals surface area contributed by atoms with Gasteiger partial charge in [0, 0.05) is 0 Å². The molecule has 1 atom stereocenters. The van der Waals surface area contributed by atoms with E-state index in [2.05, 4.69) is 0 Å². The number of rotatable bonds is 1. The summed E-state index contributed by atoms with van der Waals surface area (Å²) in [6, 6.07) is 0. The van der Waals surface area contributed by atoms with Gasteiger partial charge in [-0.3, -0.25) is 0 Å². The van der Waals surface area contributed by atoms with Crippen LogP contribution in [0.25, 0.3) is 0 Å². The molecule has 7 heavy (non-hydrogen) atoms. The summed E-state index contributed by atoms with van der Waals surface area (Å²) >= 11 is -3.01. The van der Waals surface area contributed by atoms with Gasteiger partial charge in [0.25, 0.3) is 0 Å². The Morgan fingerprint density at radius 1 is 1.71 bits per heavy atom. The fourth-order valence-electron chi connectivity index (χ4n) is 0.0563. The lowest BCUT2D eigenvalue weighted by atomic mass is 11.5. The van der Waals surface area contributed by atoms with Crippen molar-refractivity contribution in [3.8, 4) is 0 Å². The maximum Gasteiger partial charge on any atom is 0.372 e. The topological polar surface area (TPSA) is 52.5 Å². The van der Waals surface area contributed by atoms with Crippen LogP contribution < -0.4 is 0 Å². The Labute approximate surface area is 40.5 Å². The van der Waals surface area contributed by atoms with E-state index < -0.39 is 17.5 Å². The van der Waals surface area contributed by atoms with Gasteiger partial charge in [0.15, 0.2) is 0 Å². The molecular formula is CF2NO2S-. The molecule has 0 amide bonds. The zero-order valence-electron chi connectivity index (χ0n) is 2.93. The van der Waals surface area contributed by atoms with Gasteiger partial charge >= 0.3 is 6.22 Å². The Morgan fingerprint density at radius 2 is 2.14 bits per heavy atom. The molecule has 0 aromatic rings. The zero-order valence-corrected chi connectivity index (χ0v) is 3.74. The molecule has 0 heterocycles. The molecule has 42 valence electrons. The lowest BCUT2D eigenvalue weighted by molar-refractivity contribution is 0.534. The first-order valence-corrected chi connectivity index (χ1v) is 2.15. The highest BCUT2D eigenvalue weighted by molar-refractivity contribution is 7.77. The van der Waals surface area contributed by atoms with E-state index in [4.69, 9.17) is 8.76 Å². The average molecular weight is 128 g/mol. The molecule has 0 bridgehead atoms. The molecule has 0 spiro atoms. The minimum Gasteiger partial charge on any atom is -0.754 e. The van der Waals surface area contributed by atoms with E-state index in [-0.39, 0.29) is 0 Å².